The molecular formula is C37H77NO2. The van der Waals surface area contributed by atoms with E-state index in [0.717, 1.165) is 32.1 Å². The molecule has 0 aliphatic rings. The van der Waals surface area contributed by atoms with Crippen molar-refractivity contribution in [3.63, 3.8) is 0 Å². The Morgan fingerprint density at radius 2 is 0.825 bits per heavy atom. The highest BCUT2D eigenvalue weighted by Gasteiger charge is 2.12. The molecule has 0 amide bonds. The zero-order valence-corrected chi connectivity index (χ0v) is 28.5. The SMILES string of the molecule is CCCCCCCCCCCCCCC(CCCCCCCCCCCCCC)CN(C)CCCOCCOC. The smallest absolute Gasteiger partial charge is 0.0700 e. The summed E-state index contributed by atoms with van der Waals surface area (Å²) < 4.78 is 10.8. The molecule has 0 atom stereocenters. The van der Waals surface area contributed by atoms with Crippen molar-refractivity contribution >= 4 is 0 Å². The average molecular weight is 568 g/mol. The van der Waals surface area contributed by atoms with Crippen LogP contribution in [0.2, 0.25) is 0 Å². The molecule has 0 saturated carbocycles. The van der Waals surface area contributed by atoms with E-state index in [1.807, 2.05) is 0 Å². The van der Waals surface area contributed by atoms with Gasteiger partial charge < -0.3 is 14.4 Å². The van der Waals surface area contributed by atoms with E-state index in [2.05, 4.69) is 25.8 Å². The van der Waals surface area contributed by atoms with Crippen molar-refractivity contribution in [2.75, 3.05) is 47.1 Å². The molecule has 0 aromatic carbocycles. The second-order valence-corrected chi connectivity index (χ2v) is 12.9. The number of rotatable bonds is 35. The topological polar surface area (TPSA) is 21.7 Å². The highest BCUT2D eigenvalue weighted by Crippen LogP contribution is 2.21. The summed E-state index contributed by atoms with van der Waals surface area (Å²) in [5.41, 5.74) is 0. The first kappa shape index (κ1) is 39.9. The van der Waals surface area contributed by atoms with Crippen LogP contribution in [0.3, 0.4) is 0 Å². The van der Waals surface area contributed by atoms with E-state index in [4.69, 9.17) is 9.47 Å². The quantitative estimate of drug-likeness (QED) is 0.0711. The summed E-state index contributed by atoms with van der Waals surface area (Å²) in [4.78, 5) is 2.57. The molecule has 0 rings (SSSR count). The number of nitrogens with zero attached hydrogens (tertiary/aromatic N) is 1. The molecule has 0 unspecified atom stereocenters. The summed E-state index contributed by atoms with van der Waals surface area (Å²) in [6.45, 7) is 9.32. The van der Waals surface area contributed by atoms with Gasteiger partial charge in [-0.2, -0.15) is 0 Å². The van der Waals surface area contributed by atoms with Gasteiger partial charge in [-0.1, -0.05) is 168 Å². The van der Waals surface area contributed by atoms with Crippen LogP contribution in [0.1, 0.15) is 187 Å². The van der Waals surface area contributed by atoms with E-state index in [-0.39, 0.29) is 0 Å². The predicted molar refractivity (Wildman–Crippen MR) is 180 cm³/mol. The lowest BCUT2D eigenvalue weighted by Gasteiger charge is -2.24. The first-order valence-corrected chi connectivity index (χ1v) is 18.5. The van der Waals surface area contributed by atoms with Gasteiger partial charge in [0.05, 0.1) is 13.2 Å². The summed E-state index contributed by atoms with van der Waals surface area (Å²) in [5.74, 6) is 0.880. The molecule has 0 saturated heterocycles. The fraction of sp³-hybridized carbons (Fsp3) is 1.00. The van der Waals surface area contributed by atoms with E-state index < -0.39 is 0 Å². The molecule has 3 heteroatoms. The summed E-state index contributed by atoms with van der Waals surface area (Å²) in [7, 11) is 4.07. The van der Waals surface area contributed by atoms with E-state index in [9.17, 15) is 0 Å². The van der Waals surface area contributed by atoms with Crippen LogP contribution in [0, 0.1) is 5.92 Å². The van der Waals surface area contributed by atoms with E-state index in [1.54, 1.807) is 7.11 Å². The maximum absolute atomic E-state index is 5.68. The molecule has 0 heterocycles. The van der Waals surface area contributed by atoms with Crippen LogP contribution < -0.4 is 0 Å². The lowest BCUT2D eigenvalue weighted by atomic mass is 9.93. The van der Waals surface area contributed by atoms with Gasteiger partial charge in [-0.05, 0) is 32.2 Å². The molecule has 0 fully saturated rings. The highest BCUT2D eigenvalue weighted by atomic mass is 16.5. The van der Waals surface area contributed by atoms with Gasteiger partial charge in [0, 0.05) is 26.8 Å². The van der Waals surface area contributed by atoms with Crippen LogP contribution in [0.25, 0.3) is 0 Å². The van der Waals surface area contributed by atoms with Crippen LogP contribution in [-0.4, -0.2) is 52.0 Å². The second kappa shape index (κ2) is 35.1. The number of ether oxygens (including phenoxy) is 2. The molecule has 0 spiro atoms. The average Bonchev–Trinajstić information content (AvgIpc) is 2.95. The van der Waals surface area contributed by atoms with Gasteiger partial charge in [0.25, 0.3) is 0 Å². The molecule has 0 radical (unpaired) electrons. The summed E-state index contributed by atoms with van der Waals surface area (Å²) in [6.07, 6.45) is 38.7. The Kier molecular flexibility index (Phi) is 35.0. The van der Waals surface area contributed by atoms with Crippen molar-refractivity contribution in [1.82, 2.24) is 4.90 Å². The van der Waals surface area contributed by atoms with Gasteiger partial charge in [0.2, 0.25) is 0 Å². The molecule has 0 aliphatic heterocycles. The van der Waals surface area contributed by atoms with Crippen LogP contribution in [0.4, 0.5) is 0 Å². The van der Waals surface area contributed by atoms with Crippen molar-refractivity contribution in [1.29, 1.82) is 0 Å². The van der Waals surface area contributed by atoms with Crippen molar-refractivity contribution < 1.29 is 9.47 Å². The predicted octanol–water partition coefficient (Wildman–Crippen LogP) is 11.8. The summed E-state index contributed by atoms with van der Waals surface area (Å²) in [6, 6.07) is 0. The molecule has 0 aromatic rings. The van der Waals surface area contributed by atoms with E-state index in [0.29, 0.717) is 6.61 Å². The third-order valence-corrected chi connectivity index (χ3v) is 8.76. The Hall–Kier alpha value is -0.120. The Morgan fingerprint density at radius 3 is 1.20 bits per heavy atom. The van der Waals surface area contributed by atoms with Gasteiger partial charge in [0.1, 0.15) is 0 Å². The van der Waals surface area contributed by atoms with Gasteiger partial charge >= 0.3 is 0 Å². The Bertz CT molecular complexity index is 416. The molecule has 3 nitrogen and oxygen atoms in total. The molecule has 0 N–H and O–H groups in total. The van der Waals surface area contributed by atoms with Crippen molar-refractivity contribution in [2.24, 2.45) is 5.92 Å². The summed E-state index contributed by atoms with van der Waals surface area (Å²) in [5, 5.41) is 0. The van der Waals surface area contributed by atoms with Crippen LogP contribution in [-0.2, 0) is 9.47 Å². The largest absolute Gasteiger partial charge is 0.382 e. The van der Waals surface area contributed by atoms with Crippen molar-refractivity contribution in [3.05, 3.63) is 0 Å². The summed E-state index contributed by atoms with van der Waals surface area (Å²) >= 11 is 0. The van der Waals surface area contributed by atoms with Gasteiger partial charge in [-0.15, -0.1) is 0 Å². The minimum Gasteiger partial charge on any atom is -0.382 e. The molecular weight excluding hydrogens is 490 g/mol. The van der Waals surface area contributed by atoms with Gasteiger partial charge in [0.15, 0.2) is 0 Å². The maximum Gasteiger partial charge on any atom is 0.0700 e. The molecule has 242 valence electrons. The van der Waals surface area contributed by atoms with Crippen molar-refractivity contribution in [2.45, 2.75) is 187 Å². The highest BCUT2D eigenvalue weighted by molar-refractivity contribution is 4.66. The standard InChI is InChI=1S/C37H77NO2/c1-5-7-9-11-13-15-17-19-21-23-25-27-30-37(36-38(3)32-29-33-40-35-34-39-4)31-28-26-24-22-20-18-16-14-12-10-8-6-2/h37H,5-36H2,1-4H3. The molecule has 0 bridgehead atoms. The Balaban J connectivity index is 3.99. The minimum atomic E-state index is 0.704. The number of hydrogen-bond donors (Lipinski definition) is 0. The second-order valence-electron chi connectivity index (χ2n) is 12.9. The van der Waals surface area contributed by atoms with Crippen LogP contribution in [0.5, 0.6) is 0 Å². The van der Waals surface area contributed by atoms with E-state index in [1.165, 1.54) is 173 Å². The van der Waals surface area contributed by atoms with Crippen LogP contribution >= 0.6 is 0 Å². The number of hydrogen-bond acceptors (Lipinski definition) is 3. The zero-order chi connectivity index (χ0) is 29.2. The number of unbranched alkanes of at least 4 members (excludes halogenated alkanes) is 22. The van der Waals surface area contributed by atoms with Crippen molar-refractivity contribution in [3.8, 4) is 0 Å². The van der Waals surface area contributed by atoms with E-state index >= 15 is 0 Å². The molecule has 0 aliphatic carbocycles. The third kappa shape index (κ3) is 32.4. The maximum atomic E-state index is 5.68. The monoisotopic (exact) mass is 568 g/mol. The first-order chi connectivity index (χ1) is 19.7. The fourth-order valence-electron chi connectivity index (χ4n) is 6.09. The molecule has 0 aromatic heterocycles. The lowest BCUT2D eigenvalue weighted by molar-refractivity contribution is 0.0655. The first-order valence-electron chi connectivity index (χ1n) is 18.5. The fourth-order valence-corrected chi connectivity index (χ4v) is 6.09. The Morgan fingerprint density at radius 1 is 0.450 bits per heavy atom. The van der Waals surface area contributed by atoms with Gasteiger partial charge in [-0.3, -0.25) is 0 Å². The zero-order valence-electron chi connectivity index (χ0n) is 28.5. The molecule has 40 heavy (non-hydrogen) atoms. The third-order valence-electron chi connectivity index (χ3n) is 8.76. The Labute approximate surface area is 254 Å². The minimum absolute atomic E-state index is 0.704. The number of methoxy groups -OCH3 is 1. The van der Waals surface area contributed by atoms with Gasteiger partial charge in [-0.25, -0.2) is 0 Å². The normalized spacial score (nSPS) is 11.8. The van der Waals surface area contributed by atoms with Crippen LogP contribution in [0.15, 0.2) is 0 Å². The lowest BCUT2D eigenvalue weighted by Crippen LogP contribution is -2.27.